The lowest BCUT2D eigenvalue weighted by molar-refractivity contribution is 0.0168. The first-order valence-electron chi connectivity index (χ1n) is 11.3. The molecule has 2 saturated heterocycles. The van der Waals surface area contributed by atoms with Crippen molar-refractivity contribution in [1.82, 2.24) is 15.5 Å². The molecule has 0 amide bonds. The van der Waals surface area contributed by atoms with E-state index in [1.165, 1.54) is 0 Å². The van der Waals surface area contributed by atoms with Crippen molar-refractivity contribution < 1.29 is 13.9 Å². The molecule has 6 nitrogen and oxygen atoms in total. The number of nitrogens with one attached hydrogen (secondary N) is 2. The van der Waals surface area contributed by atoms with Crippen LogP contribution in [0.4, 0.5) is 4.39 Å². The second-order valence-electron chi connectivity index (χ2n) is 8.25. The number of nitrogens with zero attached hydrogens (tertiary/aromatic N) is 2. The quantitative estimate of drug-likeness (QED) is 0.346. The summed E-state index contributed by atoms with van der Waals surface area (Å²) < 4.78 is 25.1. The van der Waals surface area contributed by atoms with Crippen LogP contribution in [0, 0.1) is 11.7 Å². The highest BCUT2D eigenvalue weighted by Crippen LogP contribution is 2.19. The minimum absolute atomic E-state index is 0.103. The fourth-order valence-electron chi connectivity index (χ4n) is 4.05. The lowest BCUT2D eigenvalue weighted by Gasteiger charge is -2.32. The fourth-order valence-corrected chi connectivity index (χ4v) is 4.05. The molecule has 1 atom stereocenters. The smallest absolute Gasteiger partial charge is 0.190 e. The Balaban J connectivity index is 1.23. The number of aliphatic imine (C=N–C) groups is 1. The van der Waals surface area contributed by atoms with Gasteiger partial charge in [0.05, 0.1) is 12.7 Å². The van der Waals surface area contributed by atoms with Crippen LogP contribution in [0.2, 0.25) is 0 Å². The Morgan fingerprint density at radius 3 is 2.80 bits per heavy atom. The molecule has 168 valence electrons. The summed E-state index contributed by atoms with van der Waals surface area (Å²) in [6.07, 6.45) is 5.76. The van der Waals surface area contributed by atoms with Crippen LogP contribution in [0.3, 0.4) is 0 Å². The van der Waals surface area contributed by atoms with E-state index in [9.17, 15) is 4.39 Å². The molecule has 0 bridgehead atoms. The van der Waals surface area contributed by atoms with Crippen molar-refractivity contribution in [1.29, 1.82) is 0 Å². The molecule has 2 fully saturated rings. The van der Waals surface area contributed by atoms with E-state index in [4.69, 9.17) is 9.47 Å². The molecular weight excluding hydrogens is 383 g/mol. The van der Waals surface area contributed by atoms with Gasteiger partial charge >= 0.3 is 0 Å². The number of rotatable bonds is 10. The van der Waals surface area contributed by atoms with E-state index in [0.717, 1.165) is 83.0 Å². The van der Waals surface area contributed by atoms with Gasteiger partial charge < -0.3 is 20.1 Å². The average molecular weight is 421 g/mol. The zero-order valence-corrected chi connectivity index (χ0v) is 18.2. The van der Waals surface area contributed by atoms with Gasteiger partial charge in [-0.3, -0.25) is 9.89 Å². The third kappa shape index (κ3) is 7.85. The van der Waals surface area contributed by atoms with Crippen LogP contribution >= 0.6 is 0 Å². The van der Waals surface area contributed by atoms with Crippen molar-refractivity contribution in [2.75, 3.05) is 53.0 Å². The van der Waals surface area contributed by atoms with Crippen LogP contribution in [0.15, 0.2) is 29.3 Å². The van der Waals surface area contributed by atoms with Crippen LogP contribution in [0.1, 0.15) is 37.7 Å². The number of hydrogen-bond acceptors (Lipinski definition) is 4. The van der Waals surface area contributed by atoms with Gasteiger partial charge in [-0.05, 0) is 57.2 Å². The molecule has 0 aliphatic carbocycles. The molecule has 2 aliphatic heterocycles. The number of piperidine rings is 1. The molecule has 0 aromatic heterocycles. The topological polar surface area (TPSA) is 58.1 Å². The van der Waals surface area contributed by atoms with Crippen molar-refractivity contribution in [2.24, 2.45) is 10.9 Å². The Labute approximate surface area is 180 Å². The van der Waals surface area contributed by atoms with Gasteiger partial charge in [0.1, 0.15) is 5.82 Å². The lowest BCUT2D eigenvalue weighted by atomic mass is 9.96. The maximum atomic E-state index is 13.8. The number of halogens is 1. The molecular formula is C23H37FN4O2. The number of ether oxygens (including phenoxy) is 2. The number of likely N-dealkylation sites (tertiary alicyclic amines) is 1. The molecule has 2 N–H and O–H groups in total. The van der Waals surface area contributed by atoms with Crippen molar-refractivity contribution in [3.8, 4) is 0 Å². The molecule has 7 heteroatoms. The Bertz CT molecular complexity index is 644. The number of benzene rings is 1. The second-order valence-corrected chi connectivity index (χ2v) is 8.25. The van der Waals surface area contributed by atoms with Crippen LogP contribution in [0.5, 0.6) is 0 Å². The summed E-state index contributed by atoms with van der Waals surface area (Å²) >= 11 is 0. The molecule has 0 radical (unpaired) electrons. The van der Waals surface area contributed by atoms with Crippen LogP contribution < -0.4 is 10.6 Å². The molecule has 2 aliphatic rings. The summed E-state index contributed by atoms with van der Waals surface area (Å²) in [6, 6.07) is 7.08. The summed E-state index contributed by atoms with van der Waals surface area (Å²) in [5.41, 5.74) is 0.790. The van der Waals surface area contributed by atoms with Gasteiger partial charge in [-0.2, -0.15) is 0 Å². The standard InChI is InChI=1S/C23H37FN4O2/c1-25-23(26-11-5-14-29-18-21-7-4-15-30-21)27-16-19-9-12-28(13-10-19)17-20-6-2-3-8-22(20)24/h2-3,6,8,19,21H,4-5,7,9-18H2,1H3,(H2,25,26,27). The van der Waals surface area contributed by atoms with Crippen LogP contribution in [-0.4, -0.2) is 70.0 Å². The Hall–Kier alpha value is -1.70. The number of guanidine groups is 1. The van der Waals surface area contributed by atoms with E-state index in [0.29, 0.717) is 25.2 Å². The summed E-state index contributed by atoms with van der Waals surface area (Å²) in [5.74, 6) is 1.37. The van der Waals surface area contributed by atoms with Gasteiger partial charge in [0.15, 0.2) is 5.96 Å². The van der Waals surface area contributed by atoms with E-state index in [1.807, 2.05) is 12.1 Å². The lowest BCUT2D eigenvalue weighted by Crippen LogP contribution is -2.43. The van der Waals surface area contributed by atoms with Gasteiger partial charge in [0.25, 0.3) is 0 Å². The van der Waals surface area contributed by atoms with E-state index in [1.54, 1.807) is 19.2 Å². The summed E-state index contributed by atoms with van der Waals surface area (Å²) in [5, 5.41) is 6.81. The maximum Gasteiger partial charge on any atom is 0.190 e. The van der Waals surface area contributed by atoms with E-state index >= 15 is 0 Å². The highest BCUT2D eigenvalue weighted by atomic mass is 19.1. The van der Waals surface area contributed by atoms with Crippen LogP contribution in [0.25, 0.3) is 0 Å². The minimum atomic E-state index is -0.103. The predicted molar refractivity (Wildman–Crippen MR) is 118 cm³/mol. The molecule has 3 rings (SSSR count). The largest absolute Gasteiger partial charge is 0.379 e. The number of hydrogen-bond donors (Lipinski definition) is 2. The van der Waals surface area contributed by atoms with Crippen LogP contribution in [-0.2, 0) is 16.0 Å². The maximum absolute atomic E-state index is 13.8. The van der Waals surface area contributed by atoms with Gasteiger partial charge in [-0.15, -0.1) is 0 Å². The monoisotopic (exact) mass is 420 g/mol. The van der Waals surface area contributed by atoms with Crippen molar-refractivity contribution in [3.63, 3.8) is 0 Å². The zero-order chi connectivity index (χ0) is 21.0. The third-order valence-corrected chi connectivity index (χ3v) is 5.93. The van der Waals surface area contributed by atoms with Gasteiger partial charge in [0, 0.05) is 45.5 Å². The normalized spacial score (nSPS) is 21.1. The van der Waals surface area contributed by atoms with Gasteiger partial charge in [-0.25, -0.2) is 4.39 Å². The highest BCUT2D eigenvalue weighted by Gasteiger charge is 2.20. The first-order valence-corrected chi connectivity index (χ1v) is 11.3. The molecule has 1 unspecified atom stereocenters. The SMILES string of the molecule is CN=C(NCCCOCC1CCCO1)NCC1CCN(Cc2ccccc2F)CC1. The van der Waals surface area contributed by atoms with Gasteiger partial charge in [0.2, 0.25) is 0 Å². The molecule has 0 saturated carbocycles. The van der Waals surface area contributed by atoms with Crippen molar-refractivity contribution in [2.45, 2.75) is 44.8 Å². The average Bonchev–Trinajstić information content (AvgIpc) is 3.29. The summed E-state index contributed by atoms with van der Waals surface area (Å²) in [6.45, 7) is 6.80. The molecule has 2 heterocycles. The first kappa shape index (κ1) is 23.0. The Kier molecular flexibility index (Phi) is 9.86. The van der Waals surface area contributed by atoms with Crippen molar-refractivity contribution in [3.05, 3.63) is 35.6 Å². The van der Waals surface area contributed by atoms with Crippen molar-refractivity contribution >= 4 is 5.96 Å². The summed E-state index contributed by atoms with van der Waals surface area (Å²) in [7, 11) is 1.81. The molecule has 1 aromatic rings. The highest BCUT2D eigenvalue weighted by molar-refractivity contribution is 5.79. The molecule has 30 heavy (non-hydrogen) atoms. The summed E-state index contributed by atoms with van der Waals surface area (Å²) in [4.78, 5) is 6.66. The van der Waals surface area contributed by atoms with E-state index in [2.05, 4.69) is 20.5 Å². The fraction of sp³-hybridized carbons (Fsp3) is 0.696. The Morgan fingerprint density at radius 1 is 1.23 bits per heavy atom. The molecule has 0 spiro atoms. The predicted octanol–water partition coefficient (Wildman–Crippen LogP) is 2.79. The van der Waals surface area contributed by atoms with E-state index < -0.39 is 0 Å². The zero-order valence-electron chi connectivity index (χ0n) is 18.2. The minimum Gasteiger partial charge on any atom is -0.379 e. The second kappa shape index (κ2) is 12.9. The third-order valence-electron chi connectivity index (χ3n) is 5.93. The first-order chi connectivity index (χ1) is 14.7. The van der Waals surface area contributed by atoms with E-state index in [-0.39, 0.29) is 5.82 Å². The molecule has 1 aromatic carbocycles. The van der Waals surface area contributed by atoms with Gasteiger partial charge in [-0.1, -0.05) is 18.2 Å². The Morgan fingerprint density at radius 2 is 2.07 bits per heavy atom.